The number of esters is 1. The van der Waals surface area contributed by atoms with Crippen molar-refractivity contribution in [2.24, 2.45) is 0 Å². The third kappa shape index (κ3) is 21.1. The molecule has 0 aliphatic carbocycles. The van der Waals surface area contributed by atoms with E-state index in [9.17, 15) is 4.79 Å². The monoisotopic (exact) mass is 459 g/mol. The predicted octanol–water partition coefficient (Wildman–Crippen LogP) is 4.84. The van der Waals surface area contributed by atoms with Crippen molar-refractivity contribution >= 4 is 5.97 Å². The van der Waals surface area contributed by atoms with Crippen LogP contribution in [0.4, 0.5) is 0 Å². The highest BCUT2D eigenvalue weighted by atomic mass is 35.5. The van der Waals surface area contributed by atoms with E-state index in [4.69, 9.17) is 4.74 Å². The summed E-state index contributed by atoms with van der Waals surface area (Å²) in [5.41, 5.74) is 0.496. The van der Waals surface area contributed by atoms with Crippen molar-refractivity contribution in [3.05, 3.63) is 12.2 Å². The normalized spacial score (nSPS) is 11.2. The third-order valence-electron chi connectivity index (χ3n) is 6.32. The molecule has 0 saturated carbocycles. The van der Waals surface area contributed by atoms with Gasteiger partial charge in [0.1, 0.15) is 13.2 Å². The Morgan fingerprint density at radius 3 is 1.39 bits per heavy atom. The smallest absolute Gasteiger partial charge is 0.333 e. The van der Waals surface area contributed by atoms with Gasteiger partial charge in [0.05, 0.1) is 20.1 Å². The van der Waals surface area contributed by atoms with Crippen LogP contribution in [0.3, 0.4) is 0 Å². The standard InChI is InChI=1S/C27H54NO2.ClH/c1-6-8-10-12-14-16-18-20-22-28(5,24-25-30-27(29)26(3)4)23-21-19-17-15-13-11-9-7-2;/h3,6-25H2,1-2,4-5H3;1H/q+1;/p-1. The van der Waals surface area contributed by atoms with Crippen LogP contribution in [-0.2, 0) is 9.53 Å². The highest BCUT2D eigenvalue weighted by molar-refractivity contribution is 5.86. The van der Waals surface area contributed by atoms with Gasteiger partial charge in [-0.15, -0.1) is 0 Å². The molecule has 31 heavy (non-hydrogen) atoms. The maximum atomic E-state index is 11.7. The van der Waals surface area contributed by atoms with Crippen molar-refractivity contribution in [1.29, 1.82) is 0 Å². The fraction of sp³-hybridized carbons (Fsp3) is 0.889. The Labute approximate surface area is 201 Å². The van der Waals surface area contributed by atoms with Gasteiger partial charge >= 0.3 is 5.97 Å². The summed E-state index contributed by atoms with van der Waals surface area (Å²) in [6.07, 6.45) is 21.8. The van der Waals surface area contributed by atoms with Gasteiger partial charge in [-0.1, -0.05) is 97.5 Å². The molecule has 0 aromatic carbocycles. The fourth-order valence-electron chi connectivity index (χ4n) is 4.07. The second-order valence-electron chi connectivity index (χ2n) is 9.66. The van der Waals surface area contributed by atoms with Crippen molar-refractivity contribution in [2.75, 3.05) is 33.3 Å². The number of rotatable bonds is 22. The van der Waals surface area contributed by atoms with Crippen molar-refractivity contribution in [3.8, 4) is 0 Å². The first-order chi connectivity index (χ1) is 14.4. The number of carbonyl (C=O) groups excluding carboxylic acids is 1. The topological polar surface area (TPSA) is 26.3 Å². The molecule has 0 saturated heterocycles. The SMILES string of the molecule is C=C(C)C(=O)OCC[N+](C)(CCCCCCCCCC)CCCCCCCCCC.[Cl-]. The van der Waals surface area contributed by atoms with Crippen LogP contribution in [-0.4, -0.2) is 43.7 Å². The van der Waals surface area contributed by atoms with Crippen molar-refractivity contribution in [1.82, 2.24) is 0 Å². The second-order valence-corrected chi connectivity index (χ2v) is 9.66. The van der Waals surface area contributed by atoms with E-state index in [2.05, 4.69) is 27.5 Å². The lowest BCUT2D eigenvalue weighted by Gasteiger charge is -2.34. The number of ether oxygens (including phenoxy) is 1. The fourth-order valence-corrected chi connectivity index (χ4v) is 4.07. The van der Waals surface area contributed by atoms with Gasteiger partial charge in [0, 0.05) is 5.57 Å². The van der Waals surface area contributed by atoms with Crippen LogP contribution in [0.15, 0.2) is 12.2 Å². The Hall–Kier alpha value is -0.540. The lowest BCUT2D eigenvalue weighted by Crippen LogP contribution is -3.00. The summed E-state index contributed by atoms with van der Waals surface area (Å²) in [5.74, 6) is -0.249. The average molecular weight is 460 g/mol. The Bertz CT molecular complexity index is 405. The van der Waals surface area contributed by atoms with Gasteiger partial charge in [-0.3, -0.25) is 0 Å². The zero-order valence-corrected chi connectivity index (χ0v) is 22.2. The second kappa shape index (κ2) is 22.6. The first-order valence-corrected chi connectivity index (χ1v) is 13.1. The van der Waals surface area contributed by atoms with Crippen molar-refractivity contribution in [2.45, 2.75) is 124 Å². The molecule has 0 N–H and O–H groups in total. The average Bonchev–Trinajstić information content (AvgIpc) is 2.72. The minimum atomic E-state index is -0.249. The van der Waals surface area contributed by atoms with Gasteiger partial charge in [0.2, 0.25) is 0 Å². The van der Waals surface area contributed by atoms with Gasteiger partial charge < -0.3 is 21.6 Å². The first-order valence-electron chi connectivity index (χ1n) is 13.1. The van der Waals surface area contributed by atoms with E-state index in [0.29, 0.717) is 12.2 Å². The molecule has 186 valence electrons. The van der Waals surface area contributed by atoms with Crippen LogP contribution in [0.2, 0.25) is 0 Å². The van der Waals surface area contributed by atoms with E-state index < -0.39 is 0 Å². The maximum absolute atomic E-state index is 11.7. The molecule has 4 heteroatoms. The minimum Gasteiger partial charge on any atom is -1.00 e. The van der Waals surface area contributed by atoms with Crippen LogP contribution in [0, 0.1) is 0 Å². The number of unbranched alkanes of at least 4 members (excludes halogenated alkanes) is 14. The van der Waals surface area contributed by atoms with Gasteiger partial charge in [0.25, 0.3) is 0 Å². The molecule has 0 amide bonds. The van der Waals surface area contributed by atoms with E-state index in [1.165, 1.54) is 116 Å². The highest BCUT2D eigenvalue weighted by Gasteiger charge is 2.21. The molecule has 0 unspecified atom stereocenters. The lowest BCUT2D eigenvalue weighted by molar-refractivity contribution is -0.910. The molecule has 3 nitrogen and oxygen atoms in total. The molecule has 0 fully saturated rings. The van der Waals surface area contributed by atoms with E-state index in [1.54, 1.807) is 6.92 Å². The van der Waals surface area contributed by atoms with Gasteiger partial charge in [-0.2, -0.15) is 0 Å². The lowest BCUT2D eigenvalue weighted by atomic mass is 10.1. The van der Waals surface area contributed by atoms with Gasteiger partial charge in [0.15, 0.2) is 0 Å². The number of nitrogens with zero attached hydrogens (tertiary/aromatic N) is 1. The molecule has 0 radical (unpaired) electrons. The third-order valence-corrected chi connectivity index (χ3v) is 6.32. The summed E-state index contributed by atoms with van der Waals surface area (Å²) < 4.78 is 6.45. The Balaban J connectivity index is 0. The number of hydrogen-bond donors (Lipinski definition) is 0. The summed E-state index contributed by atoms with van der Waals surface area (Å²) in [6.45, 7) is 13.8. The number of quaternary nitrogens is 1. The molecule has 0 bridgehead atoms. The molecular weight excluding hydrogens is 406 g/mol. The number of hydrogen-bond acceptors (Lipinski definition) is 2. The minimum absolute atomic E-state index is 0. The van der Waals surface area contributed by atoms with Crippen LogP contribution >= 0.6 is 0 Å². The zero-order valence-electron chi connectivity index (χ0n) is 21.5. The summed E-state index contributed by atoms with van der Waals surface area (Å²) in [6, 6.07) is 0. The summed E-state index contributed by atoms with van der Waals surface area (Å²) in [5, 5.41) is 0. The van der Waals surface area contributed by atoms with E-state index in [0.717, 1.165) is 11.0 Å². The molecule has 0 spiro atoms. The number of likely N-dealkylation sites (N-methyl/N-ethyl adjacent to an activating group) is 1. The van der Waals surface area contributed by atoms with Crippen LogP contribution in [0.5, 0.6) is 0 Å². The first kappa shape index (κ1) is 32.6. The molecule has 0 aliphatic rings. The molecule has 0 rings (SSSR count). The van der Waals surface area contributed by atoms with E-state index in [-0.39, 0.29) is 18.4 Å². The van der Waals surface area contributed by atoms with E-state index in [1.807, 2.05) is 0 Å². The molecule has 0 aromatic rings. The van der Waals surface area contributed by atoms with Crippen molar-refractivity contribution in [3.63, 3.8) is 0 Å². The molecule has 0 atom stereocenters. The summed E-state index contributed by atoms with van der Waals surface area (Å²) in [4.78, 5) is 11.7. The van der Waals surface area contributed by atoms with Crippen LogP contribution in [0.1, 0.15) is 124 Å². The van der Waals surface area contributed by atoms with Crippen LogP contribution in [0.25, 0.3) is 0 Å². The largest absolute Gasteiger partial charge is 1.00 e. The van der Waals surface area contributed by atoms with Gasteiger partial charge in [-0.25, -0.2) is 4.79 Å². The number of carbonyl (C=O) groups is 1. The predicted molar refractivity (Wildman–Crippen MR) is 132 cm³/mol. The zero-order chi connectivity index (χ0) is 22.5. The Morgan fingerprint density at radius 2 is 1.03 bits per heavy atom. The molecule has 0 heterocycles. The van der Waals surface area contributed by atoms with Gasteiger partial charge in [-0.05, 0) is 32.6 Å². The van der Waals surface area contributed by atoms with Crippen LogP contribution < -0.4 is 12.4 Å². The Morgan fingerprint density at radius 1 is 0.677 bits per heavy atom. The highest BCUT2D eigenvalue weighted by Crippen LogP contribution is 2.15. The molecular formula is C27H54ClNO2. The Kier molecular flexibility index (Phi) is 23.8. The van der Waals surface area contributed by atoms with E-state index >= 15 is 0 Å². The number of halogens is 1. The van der Waals surface area contributed by atoms with Crippen molar-refractivity contribution < 1.29 is 26.4 Å². The maximum Gasteiger partial charge on any atom is 0.333 e. The summed E-state index contributed by atoms with van der Waals surface area (Å²) in [7, 11) is 2.36. The molecule has 0 aliphatic heterocycles. The quantitative estimate of drug-likeness (QED) is 0.100. The summed E-state index contributed by atoms with van der Waals surface area (Å²) >= 11 is 0. The molecule has 0 aromatic heterocycles.